The van der Waals surface area contributed by atoms with E-state index in [1.807, 2.05) is 0 Å². The maximum atomic E-state index is 6.33. The van der Waals surface area contributed by atoms with Gasteiger partial charge in [-0.3, -0.25) is 0 Å². The highest BCUT2D eigenvalue weighted by Gasteiger charge is 1.62. The van der Waals surface area contributed by atoms with Gasteiger partial charge in [0.15, 0.2) is 0 Å². The second kappa shape index (κ2) is 1.66. The second-order valence-electron chi connectivity index (χ2n) is 1.01. The van der Waals surface area contributed by atoms with Crippen molar-refractivity contribution < 1.29 is 0 Å². The van der Waals surface area contributed by atoms with Crippen LogP contribution in [-0.4, -0.2) is 19.0 Å². The minimum Gasteiger partial charge on any atom is -0.338 e. The summed E-state index contributed by atoms with van der Waals surface area (Å²) in [6, 6.07) is 2.11. The molecule has 0 unspecified atom stereocenters. The summed E-state index contributed by atoms with van der Waals surface area (Å²) in [6.07, 6.45) is 6.33. The Labute approximate surface area is 32.6 Å². The van der Waals surface area contributed by atoms with Gasteiger partial charge in [-0.15, -0.1) is 0 Å². The Hall–Kier alpha value is -0.640. The zero-order valence-electron chi connectivity index (χ0n) is 3.45. The lowest BCUT2D eigenvalue weighted by Gasteiger charge is -1.93. The number of hydrogen-bond donors (Lipinski definition) is 0. The molecule has 0 atom stereocenters. The highest BCUT2D eigenvalue weighted by atomic mass is 15.0. The van der Waals surface area contributed by atoms with Gasteiger partial charge in [0.25, 0.3) is 0 Å². The summed E-state index contributed by atoms with van der Waals surface area (Å²) < 4.78 is 0. The molecule has 1 heteroatoms. The van der Waals surface area contributed by atoms with Gasteiger partial charge in [0, 0.05) is 26.6 Å². The SMILES string of the molecule is [C]#CN(C)C. The molecular formula is C4H6N. The third-order valence-corrected chi connectivity index (χ3v) is 0.224. The lowest BCUT2D eigenvalue weighted by Crippen LogP contribution is -1.99. The van der Waals surface area contributed by atoms with Crippen LogP contribution in [0.2, 0.25) is 0 Å². The third-order valence-electron chi connectivity index (χ3n) is 0.224. The number of rotatable bonds is 0. The van der Waals surface area contributed by atoms with Crippen molar-refractivity contribution in [3.63, 3.8) is 0 Å². The standard InChI is InChI=1S/C4H6N/c1-4-5(2)3/h2-3H3. The molecule has 0 N–H and O–H groups in total. The Balaban J connectivity index is 2.94. The molecule has 0 aliphatic carbocycles. The van der Waals surface area contributed by atoms with E-state index in [2.05, 4.69) is 6.04 Å². The van der Waals surface area contributed by atoms with Gasteiger partial charge in [-0.25, -0.2) is 0 Å². The van der Waals surface area contributed by atoms with E-state index in [-0.39, 0.29) is 0 Å². The molecule has 0 aromatic rings. The molecule has 0 amide bonds. The first kappa shape index (κ1) is 4.36. The van der Waals surface area contributed by atoms with Crippen LogP contribution in [-0.2, 0) is 0 Å². The molecule has 0 fully saturated rings. The summed E-state index contributed by atoms with van der Waals surface area (Å²) in [5.41, 5.74) is 0. The fourth-order valence-electron chi connectivity index (χ4n) is 0. The van der Waals surface area contributed by atoms with Gasteiger partial charge < -0.3 is 4.90 Å². The lowest BCUT2D eigenvalue weighted by atomic mass is 10.9. The summed E-state index contributed by atoms with van der Waals surface area (Å²) in [7, 11) is 3.51. The molecule has 0 aromatic heterocycles. The topological polar surface area (TPSA) is 3.24 Å². The van der Waals surface area contributed by atoms with Crippen LogP contribution in [0.15, 0.2) is 0 Å². The lowest BCUT2D eigenvalue weighted by molar-refractivity contribution is 0.597. The second-order valence-corrected chi connectivity index (χ2v) is 1.01. The van der Waals surface area contributed by atoms with Crippen molar-refractivity contribution in [3.8, 4) is 6.04 Å². The summed E-state index contributed by atoms with van der Waals surface area (Å²) in [4.78, 5) is 1.54. The third kappa shape index (κ3) is 3.36. The first-order chi connectivity index (χ1) is 2.27. The van der Waals surface area contributed by atoms with Crippen LogP contribution >= 0.6 is 0 Å². The Kier molecular flexibility index (Phi) is 1.45. The highest BCUT2D eigenvalue weighted by Crippen LogP contribution is 1.56. The zero-order valence-corrected chi connectivity index (χ0v) is 3.45. The van der Waals surface area contributed by atoms with E-state index in [0.29, 0.717) is 0 Å². The first-order valence-corrected chi connectivity index (χ1v) is 1.37. The van der Waals surface area contributed by atoms with E-state index < -0.39 is 0 Å². The average molecular weight is 68.1 g/mol. The fraction of sp³-hybridized carbons (Fsp3) is 0.500. The van der Waals surface area contributed by atoms with E-state index in [1.54, 1.807) is 19.0 Å². The van der Waals surface area contributed by atoms with Crippen molar-refractivity contribution in [2.24, 2.45) is 0 Å². The Morgan fingerprint density at radius 2 is 1.80 bits per heavy atom. The molecular weight excluding hydrogens is 62.1 g/mol. The van der Waals surface area contributed by atoms with Crippen LogP contribution < -0.4 is 0 Å². The smallest absolute Gasteiger partial charge is 0.0211 e. The molecule has 27 valence electrons. The van der Waals surface area contributed by atoms with Crippen LogP contribution in [0.5, 0.6) is 0 Å². The van der Waals surface area contributed by atoms with Crippen molar-refractivity contribution in [1.82, 2.24) is 4.90 Å². The number of hydrogen-bond acceptors (Lipinski definition) is 1. The van der Waals surface area contributed by atoms with E-state index in [0.717, 1.165) is 0 Å². The molecule has 5 heavy (non-hydrogen) atoms. The van der Waals surface area contributed by atoms with Gasteiger partial charge in [0.2, 0.25) is 0 Å². The normalized spacial score (nSPS) is 5.80. The molecule has 1 radical (unpaired) electrons. The molecule has 0 bridgehead atoms. The molecule has 0 heterocycles. The van der Waals surface area contributed by atoms with Crippen LogP contribution in [0.25, 0.3) is 0 Å². The molecule has 0 spiro atoms. The van der Waals surface area contributed by atoms with Gasteiger partial charge in [-0.05, 0) is 0 Å². The molecule has 0 saturated heterocycles. The van der Waals surface area contributed by atoms with Crippen molar-refractivity contribution in [3.05, 3.63) is 6.42 Å². The van der Waals surface area contributed by atoms with E-state index in [4.69, 9.17) is 6.42 Å². The van der Waals surface area contributed by atoms with Crippen molar-refractivity contribution >= 4 is 0 Å². The van der Waals surface area contributed by atoms with Gasteiger partial charge in [-0.2, -0.15) is 0 Å². The maximum absolute atomic E-state index is 6.33. The first-order valence-electron chi connectivity index (χ1n) is 1.37. The van der Waals surface area contributed by atoms with Gasteiger partial charge in [0.1, 0.15) is 0 Å². The minimum absolute atomic E-state index is 1.54. The molecule has 0 aliphatic rings. The van der Waals surface area contributed by atoms with Crippen LogP contribution in [0.4, 0.5) is 0 Å². The summed E-state index contributed by atoms with van der Waals surface area (Å²) in [5, 5.41) is 0. The van der Waals surface area contributed by atoms with Crippen molar-refractivity contribution in [2.75, 3.05) is 14.1 Å². The molecule has 0 rings (SSSR count). The molecule has 0 saturated carbocycles. The zero-order chi connectivity index (χ0) is 4.28. The summed E-state index contributed by atoms with van der Waals surface area (Å²) in [6.45, 7) is 0. The van der Waals surface area contributed by atoms with E-state index in [1.165, 1.54) is 0 Å². The largest absolute Gasteiger partial charge is 0.338 e. The minimum atomic E-state index is 1.54. The van der Waals surface area contributed by atoms with Gasteiger partial charge in [-0.1, -0.05) is 0 Å². The molecule has 0 aromatic carbocycles. The summed E-state index contributed by atoms with van der Waals surface area (Å²) >= 11 is 0. The quantitative estimate of drug-likeness (QED) is 0.287. The van der Waals surface area contributed by atoms with Gasteiger partial charge >= 0.3 is 0 Å². The van der Waals surface area contributed by atoms with E-state index in [9.17, 15) is 0 Å². The van der Waals surface area contributed by atoms with Crippen molar-refractivity contribution in [1.29, 1.82) is 0 Å². The highest BCUT2D eigenvalue weighted by molar-refractivity contribution is 4.68. The predicted molar refractivity (Wildman–Crippen MR) is 20.8 cm³/mol. The Morgan fingerprint density at radius 1 is 1.60 bits per heavy atom. The Morgan fingerprint density at radius 3 is 1.80 bits per heavy atom. The fourth-order valence-corrected chi connectivity index (χ4v) is 0. The summed E-state index contributed by atoms with van der Waals surface area (Å²) in [5.74, 6) is 0. The number of nitrogens with zero attached hydrogens (tertiary/aromatic N) is 1. The van der Waals surface area contributed by atoms with Crippen LogP contribution in [0.3, 0.4) is 0 Å². The van der Waals surface area contributed by atoms with Crippen molar-refractivity contribution in [2.45, 2.75) is 0 Å². The van der Waals surface area contributed by atoms with E-state index >= 15 is 0 Å². The Bertz CT molecular complexity index is 49.2. The monoisotopic (exact) mass is 68.1 g/mol. The van der Waals surface area contributed by atoms with Crippen LogP contribution in [0, 0.1) is 12.5 Å². The van der Waals surface area contributed by atoms with Crippen LogP contribution in [0.1, 0.15) is 0 Å². The molecule has 0 aliphatic heterocycles. The predicted octanol–water partition coefficient (Wildman–Crippen LogP) is 0.0953. The van der Waals surface area contributed by atoms with Gasteiger partial charge in [0.05, 0.1) is 0 Å². The average Bonchev–Trinajstić information content (AvgIpc) is 1.38. The molecule has 1 nitrogen and oxygen atoms in total. The maximum Gasteiger partial charge on any atom is 0.0211 e.